The summed E-state index contributed by atoms with van der Waals surface area (Å²) in [5.74, 6) is 0.0183. The van der Waals surface area contributed by atoms with Crippen molar-refractivity contribution in [2.45, 2.75) is 32.7 Å². The number of carbonyl (C=O) groups is 1. The molecule has 2 N–H and O–H groups in total. The largest absolute Gasteiger partial charge is 0.320 e. The lowest BCUT2D eigenvalue weighted by atomic mass is 9.99. The molecule has 3 nitrogen and oxygen atoms in total. The molecule has 1 aromatic carbocycles. The van der Waals surface area contributed by atoms with E-state index >= 15 is 0 Å². The molecule has 1 amide bonds. The third-order valence-corrected chi connectivity index (χ3v) is 3.01. The molecule has 1 heterocycles. The second-order valence-corrected chi connectivity index (χ2v) is 4.51. The molecule has 0 spiro atoms. The first-order chi connectivity index (χ1) is 7.59. The van der Waals surface area contributed by atoms with Gasteiger partial charge in [0.2, 0.25) is 5.91 Å². The van der Waals surface area contributed by atoms with E-state index in [1.807, 2.05) is 17.0 Å². The summed E-state index contributed by atoms with van der Waals surface area (Å²) in [7, 11) is 0. The number of carbonyl (C=O) groups excluding carboxylic acids is 1. The second-order valence-electron chi connectivity index (χ2n) is 4.51. The summed E-state index contributed by atoms with van der Waals surface area (Å²) >= 11 is 0. The van der Waals surface area contributed by atoms with Gasteiger partial charge >= 0.3 is 0 Å². The van der Waals surface area contributed by atoms with Gasteiger partial charge in [-0.3, -0.25) is 4.79 Å². The van der Waals surface area contributed by atoms with Crippen LogP contribution in [0.3, 0.4) is 0 Å². The predicted molar refractivity (Wildman–Crippen MR) is 72.8 cm³/mol. The average Bonchev–Trinajstić information content (AvgIpc) is 2.26. The van der Waals surface area contributed by atoms with E-state index in [0.29, 0.717) is 0 Å². The molecule has 0 aliphatic carbocycles. The molecule has 1 aromatic rings. The number of amides is 1. The molecule has 0 fully saturated rings. The summed E-state index contributed by atoms with van der Waals surface area (Å²) < 4.78 is 0. The molecule has 0 aromatic heterocycles. The molecule has 4 heteroatoms. The van der Waals surface area contributed by atoms with Crippen molar-refractivity contribution in [2.75, 3.05) is 11.4 Å². The highest BCUT2D eigenvalue weighted by atomic mass is 35.5. The zero-order valence-corrected chi connectivity index (χ0v) is 11.1. The molecule has 0 bridgehead atoms. The molecule has 2 rings (SSSR count). The van der Waals surface area contributed by atoms with E-state index in [1.165, 1.54) is 11.1 Å². The van der Waals surface area contributed by atoms with Crippen molar-refractivity contribution >= 4 is 24.0 Å². The topological polar surface area (TPSA) is 46.3 Å². The van der Waals surface area contributed by atoms with E-state index in [4.69, 9.17) is 5.73 Å². The van der Waals surface area contributed by atoms with E-state index in [-0.39, 0.29) is 18.3 Å². The van der Waals surface area contributed by atoms with Crippen LogP contribution in [0.25, 0.3) is 0 Å². The Balaban J connectivity index is 0.00000144. The van der Waals surface area contributed by atoms with Gasteiger partial charge in [-0.15, -0.1) is 12.4 Å². The smallest absolute Gasteiger partial charge is 0.243 e. The molecular formula is C13H19ClN2O. The minimum absolute atomic E-state index is 0. The Labute approximate surface area is 108 Å². The number of hydrogen-bond acceptors (Lipinski definition) is 2. The van der Waals surface area contributed by atoms with Crippen LogP contribution in [0, 0.1) is 6.92 Å². The summed E-state index contributed by atoms with van der Waals surface area (Å²) in [5, 5.41) is 0. The van der Waals surface area contributed by atoms with Gasteiger partial charge in [0.05, 0.1) is 6.04 Å². The van der Waals surface area contributed by atoms with Crippen LogP contribution < -0.4 is 10.6 Å². The van der Waals surface area contributed by atoms with Crippen molar-refractivity contribution in [1.29, 1.82) is 0 Å². The van der Waals surface area contributed by atoms with E-state index in [2.05, 4.69) is 13.0 Å². The van der Waals surface area contributed by atoms with Crippen LogP contribution in [0.15, 0.2) is 18.2 Å². The Hall–Kier alpha value is -1.06. The molecule has 1 aliphatic heterocycles. The van der Waals surface area contributed by atoms with Crippen LogP contribution in [-0.4, -0.2) is 18.5 Å². The monoisotopic (exact) mass is 254 g/mol. The van der Waals surface area contributed by atoms with Gasteiger partial charge in [0, 0.05) is 12.2 Å². The maximum absolute atomic E-state index is 11.9. The van der Waals surface area contributed by atoms with Crippen molar-refractivity contribution in [2.24, 2.45) is 5.73 Å². The number of nitrogens with two attached hydrogens (primary N) is 1. The van der Waals surface area contributed by atoms with Gasteiger partial charge in [0.1, 0.15) is 0 Å². The molecule has 0 saturated carbocycles. The molecule has 1 atom stereocenters. The zero-order chi connectivity index (χ0) is 11.7. The summed E-state index contributed by atoms with van der Waals surface area (Å²) in [6, 6.07) is 5.82. The highest BCUT2D eigenvalue weighted by Crippen LogP contribution is 2.28. The maximum atomic E-state index is 11.9. The molecule has 17 heavy (non-hydrogen) atoms. The van der Waals surface area contributed by atoms with E-state index in [1.54, 1.807) is 6.92 Å². The van der Waals surface area contributed by atoms with Crippen molar-refractivity contribution in [3.63, 3.8) is 0 Å². The lowest BCUT2D eigenvalue weighted by Gasteiger charge is -2.31. The van der Waals surface area contributed by atoms with E-state index in [9.17, 15) is 4.79 Å². The quantitative estimate of drug-likeness (QED) is 0.834. The summed E-state index contributed by atoms with van der Waals surface area (Å²) in [5.41, 5.74) is 9.21. The number of hydrogen-bond donors (Lipinski definition) is 1. The van der Waals surface area contributed by atoms with E-state index in [0.717, 1.165) is 25.1 Å². The number of fused-ring (bicyclic) bond motifs is 1. The Kier molecular flexibility index (Phi) is 4.54. The third kappa shape index (κ3) is 2.79. The standard InChI is InChI=1S/C13H18N2O.ClH/c1-9-5-6-12-11(8-9)4-3-7-15(12)13(16)10(2)14;/h5-6,8,10H,3-4,7,14H2,1-2H3;1H. The maximum Gasteiger partial charge on any atom is 0.243 e. The van der Waals surface area contributed by atoms with Gasteiger partial charge in [-0.25, -0.2) is 0 Å². The van der Waals surface area contributed by atoms with Crippen LogP contribution in [0.4, 0.5) is 5.69 Å². The zero-order valence-electron chi connectivity index (χ0n) is 10.3. The molecular weight excluding hydrogens is 236 g/mol. The first-order valence-corrected chi connectivity index (χ1v) is 5.76. The van der Waals surface area contributed by atoms with Crippen molar-refractivity contribution in [3.05, 3.63) is 29.3 Å². The number of benzene rings is 1. The van der Waals surface area contributed by atoms with Crippen molar-refractivity contribution in [3.8, 4) is 0 Å². The number of nitrogens with zero attached hydrogens (tertiary/aromatic N) is 1. The fraction of sp³-hybridized carbons (Fsp3) is 0.462. The van der Waals surface area contributed by atoms with Gasteiger partial charge in [0.15, 0.2) is 0 Å². The van der Waals surface area contributed by atoms with Gasteiger partial charge in [-0.05, 0) is 38.3 Å². The van der Waals surface area contributed by atoms with Gasteiger partial charge in [-0.2, -0.15) is 0 Å². The normalized spacial score (nSPS) is 15.8. The average molecular weight is 255 g/mol. The van der Waals surface area contributed by atoms with Crippen molar-refractivity contribution < 1.29 is 4.79 Å². The predicted octanol–water partition coefficient (Wildman–Crippen LogP) is 2.04. The molecule has 0 radical (unpaired) electrons. The molecule has 0 saturated heterocycles. The number of anilines is 1. The van der Waals surface area contributed by atoms with Crippen LogP contribution >= 0.6 is 12.4 Å². The minimum Gasteiger partial charge on any atom is -0.320 e. The van der Waals surface area contributed by atoms with Crippen LogP contribution in [0.2, 0.25) is 0 Å². The van der Waals surface area contributed by atoms with Gasteiger partial charge in [0.25, 0.3) is 0 Å². The molecule has 1 unspecified atom stereocenters. The first kappa shape index (κ1) is 14.0. The van der Waals surface area contributed by atoms with E-state index < -0.39 is 6.04 Å². The molecule has 1 aliphatic rings. The van der Waals surface area contributed by atoms with Gasteiger partial charge in [-0.1, -0.05) is 17.7 Å². The van der Waals surface area contributed by atoms with Crippen LogP contribution in [0.5, 0.6) is 0 Å². The number of rotatable bonds is 1. The lowest BCUT2D eigenvalue weighted by Crippen LogP contribution is -2.44. The van der Waals surface area contributed by atoms with Crippen molar-refractivity contribution in [1.82, 2.24) is 0 Å². The summed E-state index contributed by atoms with van der Waals surface area (Å²) in [6.07, 6.45) is 2.08. The second kappa shape index (κ2) is 5.52. The number of aryl methyl sites for hydroxylation is 2. The SMILES string of the molecule is Cc1ccc2c(c1)CCCN2C(=O)C(C)N.Cl. The highest BCUT2D eigenvalue weighted by Gasteiger charge is 2.24. The van der Waals surface area contributed by atoms with Crippen LogP contribution in [0.1, 0.15) is 24.5 Å². The lowest BCUT2D eigenvalue weighted by molar-refractivity contribution is -0.119. The highest BCUT2D eigenvalue weighted by molar-refractivity contribution is 5.97. The first-order valence-electron chi connectivity index (χ1n) is 5.76. The Morgan fingerprint density at radius 3 is 2.82 bits per heavy atom. The Bertz CT molecular complexity index is 418. The minimum atomic E-state index is -0.424. The Morgan fingerprint density at radius 1 is 1.47 bits per heavy atom. The summed E-state index contributed by atoms with van der Waals surface area (Å²) in [4.78, 5) is 13.8. The Morgan fingerprint density at radius 2 is 2.18 bits per heavy atom. The fourth-order valence-electron chi connectivity index (χ4n) is 2.20. The fourth-order valence-corrected chi connectivity index (χ4v) is 2.20. The number of halogens is 1. The van der Waals surface area contributed by atoms with Gasteiger partial charge < -0.3 is 10.6 Å². The summed E-state index contributed by atoms with van der Waals surface area (Å²) in [6.45, 7) is 4.61. The third-order valence-electron chi connectivity index (χ3n) is 3.01. The molecule has 94 valence electrons. The van der Waals surface area contributed by atoms with Crippen LogP contribution in [-0.2, 0) is 11.2 Å².